The Morgan fingerprint density at radius 1 is 1.06 bits per heavy atom. The lowest BCUT2D eigenvalue weighted by molar-refractivity contribution is 0.926. The first-order valence-electron chi connectivity index (χ1n) is 6.58. The molecule has 2 aromatic rings. The van der Waals surface area contributed by atoms with E-state index >= 15 is 0 Å². The Hall–Kier alpha value is -1.96. The summed E-state index contributed by atoms with van der Waals surface area (Å²) in [5.41, 5.74) is 5.17. The van der Waals surface area contributed by atoms with Crippen molar-refractivity contribution in [1.82, 2.24) is 0 Å². The van der Waals surface area contributed by atoms with Crippen LogP contribution in [-0.4, -0.2) is 13.1 Å². The number of rotatable bonds is 2. The van der Waals surface area contributed by atoms with Crippen LogP contribution in [0.15, 0.2) is 48.5 Å². The molecule has 0 saturated heterocycles. The molecule has 0 radical (unpaired) electrons. The van der Waals surface area contributed by atoms with Gasteiger partial charge >= 0.3 is 0 Å². The molecule has 1 N–H and O–H groups in total. The van der Waals surface area contributed by atoms with E-state index in [-0.39, 0.29) is 0 Å². The molecule has 0 aromatic heterocycles. The molecular weight excluding hydrogens is 220 g/mol. The fourth-order valence-electron chi connectivity index (χ4n) is 2.46. The van der Waals surface area contributed by atoms with Gasteiger partial charge in [-0.25, -0.2) is 0 Å². The van der Waals surface area contributed by atoms with Gasteiger partial charge in [-0.2, -0.15) is 0 Å². The van der Waals surface area contributed by atoms with Crippen LogP contribution in [0.3, 0.4) is 0 Å². The van der Waals surface area contributed by atoms with E-state index in [0.717, 1.165) is 19.5 Å². The molecule has 0 bridgehead atoms. The Balaban J connectivity index is 1.97. The van der Waals surface area contributed by atoms with Gasteiger partial charge in [-0.05, 0) is 36.2 Å². The van der Waals surface area contributed by atoms with Crippen molar-refractivity contribution in [3.8, 4) is 0 Å². The summed E-state index contributed by atoms with van der Waals surface area (Å²) in [4.78, 5) is 2.38. The lowest BCUT2D eigenvalue weighted by Crippen LogP contribution is -2.29. The summed E-state index contributed by atoms with van der Waals surface area (Å²) in [6, 6.07) is 17.4. The van der Waals surface area contributed by atoms with Crippen molar-refractivity contribution in [1.29, 1.82) is 0 Å². The monoisotopic (exact) mass is 238 g/mol. The first kappa shape index (κ1) is 11.1. The number of para-hydroxylation sites is 2. The standard InChI is InChI=1S/C16H18N2/c1-2-13-7-9-14(10-8-13)18-12-11-17-15-5-3-4-6-16(15)18/h3-10,17H,2,11-12H2,1H3. The van der Waals surface area contributed by atoms with E-state index in [1.165, 1.54) is 22.6 Å². The van der Waals surface area contributed by atoms with Crippen molar-refractivity contribution in [3.63, 3.8) is 0 Å². The molecule has 0 unspecified atom stereocenters. The van der Waals surface area contributed by atoms with Gasteiger partial charge in [0.25, 0.3) is 0 Å². The minimum atomic E-state index is 0.993. The summed E-state index contributed by atoms with van der Waals surface area (Å²) in [7, 11) is 0. The maximum absolute atomic E-state index is 3.44. The molecule has 92 valence electrons. The minimum absolute atomic E-state index is 0.993. The van der Waals surface area contributed by atoms with Crippen LogP contribution in [0.1, 0.15) is 12.5 Å². The first-order valence-corrected chi connectivity index (χ1v) is 6.58. The molecule has 3 rings (SSSR count). The molecule has 1 heterocycles. The predicted octanol–water partition coefficient (Wildman–Crippen LogP) is 3.81. The van der Waals surface area contributed by atoms with Gasteiger partial charge in [0.1, 0.15) is 0 Å². The first-order chi connectivity index (χ1) is 8.88. The molecule has 0 saturated carbocycles. The van der Waals surface area contributed by atoms with Crippen molar-refractivity contribution in [3.05, 3.63) is 54.1 Å². The normalized spacial score (nSPS) is 13.9. The minimum Gasteiger partial charge on any atom is -0.382 e. The fraction of sp³-hybridized carbons (Fsp3) is 0.250. The van der Waals surface area contributed by atoms with Gasteiger partial charge in [0, 0.05) is 18.8 Å². The highest BCUT2D eigenvalue weighted by atomic mass is 15.2. The third-order valence-electron chi connectivity index (χ3n) is 3.50. The molecule has 0 atom stereocenters. The Morgan fingerprint density at radius 2 is 1.83 bits per heavy atom. The van der Waals surface area contributed by atoms with Crippen LogP contribution >= 0.6 is 0 Å². The zero-order chi connectivity index (χ0) is 12.4. The average molecular weight is 238 g/mol. The highest BCUT2D eigenvalue weighted by Crippen LogP contribution is 2.34. The largest absolute Gasteiger partial charge is 0.382 e. The van der Waals surface area contributed by atoms with Crippen molar-refractivity contribution in [2.75, 3.05) is 23.3 Å². The van der Waals surface area contributed by atoms with Crippen molar-refractivity contribution in [2.45, 2.75) is 13.3 Å². The Bertz CT molecular complexity index is 531. The van der Waals surface area contributed by atoms with Gasteiger partial charge in [0.15, 0.2) is 0 Å². The van der Waals surface area contributed by atoms with Gasteiger partial charge in [0.05, 0.1) is 11.4 Å². The van der Waals surface area contributed by atoms with Crippen LogP contribution in [-0.2, 0) is 6.42 Å². The molecule has 0 aliphatic carbocycles. The zero-order valence-corrected chi connectivity index (χ0v) is 10.7. The second kappa shape index (κ2) is 4.73. The molecule has 2 aromatic carbocycles. The molecular formula is C16H18N2. The molecule has 0 spiro atoms. The molecule has 1 aliphatic heterocycles. The van der Waals surface area contributed by atoms with Gasteiger partial charge < -0.3 is 10.2 Å². The van der Waals surface area contributed by atoms with Crippen molar-refractivity contribution >= 4 is 17.1 Å². The van der Waals surface area contributed by atoms with Crippen LogP contribution < -0.4 is 10.2 Å². The maximum atomic E-state index is 3.44. The number of hydrogen-bond donors (Lipinski definition) is 1. The van der Waals surface area contributed by atoms with E-state index < -0.39 is 0 Å². The van der Waals surface area contributed by atoms with E-state index in [0.29, 0.717) is 0 Å². The Kier molecular flexibility index (Phi) is 2.93. The molecule has 0 fully saturated rings. The van der Waals surface area contributed by atoms with Gasteiger partial charge in [-0.1, -0.05) is 31.2 Å². The lowest BCUT2D eigenvalue weighted by Gasteiger charge is -2.32. The summed E-state index contributed by atoms with van der Waals surface area (Å²) in [5.74, 6) is 0. The van der Waals surface area contributed by atoms with Crippen LogP contribution in [0.2, 0.25) is 0 Å². The summed E-state index contributed by atoms with van der Waals surface area (Å²) in [6.07, 6.45) is 1.10. The Morgan fingerprint density at radius 3 is 2.61 bits per heavy atom. The zero-order valence-electron chi connectivity index (χ0n) is 10.7. The van der Waals surface area contributed by atoms with Crippen molar-refractivity contribution < 1.29 is 0 Å². The fourth-order valence-corrected chi connectivity index (χ4v) is 2.46. The molecule has 2 nitrogen and oxygen atoms in total. The van der Waals surface area contributed by atoms with E-state index in [1.54, 1.807) is 0 Å². The quantitative estimate of drug-likeness (QED) is 0.855. The number of nitrogens with one attached hydrogen (secondary N) is 1. The molecule has 18 heavy (non-hydrogen) atoms. The SMILES string of the molecule is CCc1ccc(N2CCNc3ccccc32)cc1. The number of benzene rings is 2. The van der Waals surface area contributed by atoms with Gasteiger partial charge in [0.2, 0.25) is 0 Å². The average Bonchev–Trinajstić information content (AvgIpc) is 2.47. The number of hydrogen-bond acceptors (Lipinski definition) is 2. The van der Waals surface area contributed by atoms with E-state index in [2.05, 4.69) is 65.7 Å². The molecule has 1 aliphatic rings. The number of anilines is 3. The predicted molar refractivity (Wildman–Crippen MR) is 77.8 cm³/mol. The topological polar surface area (TPSA) is 15.3 Å². The van der Waals surface area contributed by atoms with Gasteiger partial charge in [-0.3, -0.25) is 0 Å². The highest BCUT2D eigenvalue weighted by molar-refractivity contribution is 5.78. The summed E-state index contributed by atoms with van der Waals surface area (Å²) >= 11 is 0. The Labute approximate surface area is 108 Å². The van der Waals surface area contributed by atoms with Crippen LogP contribution in [0.5, 0.6) is 0 Å². The van der Waals surface area contributed by atoms with E-state index in [4.69, 9.17) is 0 Å². The second-order valence-electron chi connectivity index (χ2n) is 4.62. The number of fused-ring (bicyclic) bond motifs is 1. The summed E-state index contributed by atoms with van der Waals surface area (Å²) in [6.45, 7) is 4.20. The number of nitrogens with zero attached hydrogens (tertiary/aromatic N) is 1. The second-order valence-corrected chi connectivity index (χ2v) is 4.62. The number of aryl methyl sites for hydroxylation is 1. The van der Waals surface area contributed by atoms with Crippen LogP contribution in [0.4, 0.5) is 17.1 Å². The van der Waals surface area contributed by atoms with Crippen LogP contribution in [0.25, 0.3) is 0 Å². The summed E-state index contributed by atoms with van der Waals surface area (Å²) in [5, 5.41) is 3.44. The van der Waals surface area contributed by atoms with Gasteiger partial charge in [-0.15, -0.1) is 0 Å². The molecule has 2 heteroatoms. The van der Waals surface area contributed by atoms with Crippen molar-refractivity contribution in [2.24, 2.45) is 0 Å². The molecule has 0 amide bonds. The third-order valence-corrected chi connectivity index (χ3v) is 3.50. The lowest BCUT2D eigenvalue weighted by atomic mass is 10.1. The highest BCUT2D eigenvalue weighted by Gasteiger charge is 2.16. The van der Waals surface area contributed by atoms with E-state index in [1.807, 2.05) is 0 Å². The third kappa shape index (κ3) is 1.94. The van der Waals surface area contributed by atoms with Crippen LogP contribution in [0, 0.1) is 0 Å². The van der Waals surface area contributed by atoms with E-state index in [9.17, 15) is 0 Å². The summed E-state index contributed by atoms with van der Waals surface area (Å²) < 4.78 is 0. The smallest absolute Gasteiger partial charge is 0.0647 e. The maximum Gasteiger partial charge on any atom is 0.0647 e.